The maximum Gasteiger partial charge on any atom is 0.271 e. The van der Waals surface area contributed by atoms with Crippen LogP contribution in [-0.4, -0.2) is 22.6 Å². The molecule has 6 heteroatoms. The highest BCUT2D eigenvalue weighted by Crippen LogP contribution is 2.25. The van der Waals surface area contributed by atoms with Crippen molar-refractivity contribution >= 4 is 17.2 Å². The van der Waals surface area contributed by atoms with Gasteiger partial charge in [-0.1, -0.05) is 30.3 Å². The zero-order chi connectivity index (χ0) is 16.8. The van der Waals surface area contributed by atoms with E-state index in [9.17, 15) is 4.79 Å². The molecule has 124 valence electrons. The summed E-state index contributed by atoms with van der Waals surface area (Å²) < 4.78 is 5.05. The number of thiazole rings is 1. The Bertz CT molecular complexity index is 769. The third kappa shape index (κ3) is 3.90. The summed E-state index contributed by atoms with van der Waals surface area (Å²) in [6.07, 6.45) is 4.48. The molecular weight excluding hydrogens is 324 g/mol. The Morgan fingerprint density at radius 1 is 1.29 bits per heavy atom. The van der Waals surface area contributed by atoms with Crippen LogP contribution in [0.15, 0.2) is 58.7 Å². The molecule has 1 aromatic carbocycles. The summed E-state index contributed by atoms with van der Waals surface area (Å²) in [7, 11) is 0. The third-order valence-electron chi connectivity index (χ3n) is 3.66. The van der Waals surface area contributed by atoms with Crippen LogP contribution >= 0.6 is 11.3 Å². The largest absolute Gasteiger partial charge is 0.472 e. The van der Waals surface area contributed by atoms with Gasteiger partial charge in [0.2, 0.25) is 0 Å². The van der Waals surface area contributed by atoms with Crippen LogP contribution in [0.1, 0.15) is 34.9 Å². The van der Waals surface area contributed by atoms with E-state index in [1.54, 1.807) is 17.9 Å². The van der Waals surface area contributed by atoms with E-state index in [0.717, 1.165) is 16.1 Å². The number of hydrogen-bond acceptors (Lipinski definition) is 5. The molecule has 0 aliphatic heterocycles. The second-order valence-corrected chi connectivity index (χ2v) is 6.21. The van der Waals surface area contributed by atoms with E-state index in [0.29, 0.717) is 18.5 Å². The highest BCUT2D eigenvalue weighted by molar-refractivity contribution is 7.13. The number of aromatic nitrogens is 1. The first-order chi connectivity index (χ1) is 11.8. The molecule has 0 saturated heterocycles. The standard InChI is InChI=1S/C18H18N2O3S/c21-9-4-7-15(13-5-2-1-3-6-13)19-17(22)16-12-24-18(20-16)14-8-10-23-11-14/h1-3,5-6,8,10-12,15,21H,4,7,9H2,(H,19,22). The van der Waals surface area contributed by atoms with Crippen LogP contribution in [0.5, 0.6) is 0 Å². The number of carbonyl (C=O) groups excluding carboxylic acids is 1. The topological polar surface area (TPSA) is 75.4 Å². The SMILES string of the molecule is O=C(NC(CCCO)c1ccccc1)c1csc(-c2ccoc2)n1. The molecule has 3 aromatic rings. The van der Waals surface area contributed by atoms with Crippen molar-refractivity contribution < 1.29 is 14.3 Å². The summed E-state index contributed by atoms with van der Waals surface area (Å²) in [6.45, 7) is 0.0978. The minimum absolute atomic E-state index is 0.0978. The van der Waals surface area contributed by atoms with Crippen molar-refractivity contribution in [1.29, 1.82) is 0 Å². The molecule has 0 bridgehead atoms. The monoisotopic (exact) mass is 342 g/mol. The Kier molecular flexibility index (Phi) is 5.40. The summed E-state index contributed by atoms with van der Waals surface area (Å²) in [6, 6.07) is 11.4. The average Bonchev–Trinajstić information content (AvgIpc) is 3.30. The van der Waals surface area contributed by atoms with Gasteiger partial charge in [-0.3, -0.25) is 4.79 Å². The molecule has 2 N–H and O–H groups in total. The van der Waals surface area contributed by atoms with Crippen molar-refractivity contribution in [1.82, 2.24) is 10.3 Å². The van der Waals surface area contributed by atoms with E-state index in [4.69, 9.17) is 9.52 Å². The molecule has 1 unspecified atom stereocenters. The smallest absolute Gasteiger partial charge is 0.271 e. The van der Waals surface area contributed by atoms with Gasteiger partial charge < -0.3 is 14.8 Å². The van der Waals surface area contributed by atoms with Crippen LogP contribution in [0.3, 0.4) is 0 Å². The first-order valence-corrected chi connectivity index (χ1v) is 8.60. The Balaban J connectivity index is 1.73. The van der Waals surface area contributed by atoms with Gasteiger partial charge in [0, 0.05) is 17.6 Å². The normalized spacial score (nSPS) is 12.0. The Morgan fingerprint density at radius 3 is 2.83 bits per heavy atom. The van der Waals surface area contributed by atoms with Crippen molar-refractivity contribution in [2.45, 2.75) is 18.9 Å². The maximum atomic E-state index is 12.5. The van der Waals surface area contributed by atoms with Gasteiger partial charge in [-0.2, -0.15) is 0 Å². The number of rotatable bonds is 7. The quantitative estimate of drug-likeness (QED) is 0.687. The third-order valence-corrected chi connectivity index (χ3v) is 4.55. The number of hydrogen-bond donors (Lipinski definition) is 2. The van der Waals surface area contributed by atoms with E-state index in [2.05, 4.69) is 10.3 Å². The van der Waals surface area contributed by atoms with Crippen molar-refractivity contribution in [2.75, 3.05) is 6.61 Å². The lowest BCUT2D eigenvalue weighted by Crippen LogP contribution is -2.29. The van der Waals surface area contributed by atoms with Crippen LogP contribution in [0, 0.1) is 0 Å². The molecule has 0 fully saturated rings. The first kappa shape index (κ1) is 16.4. The van der Waals surface area contributed by atoms with Gasteiger partial charge in [0.15, 0.2) is 0 Å². The Morgan fingerprint density at radius 2 is 2.12 bits per heavy atom. The zero-order valence-electron chi connectivity index (χ0n) is 13.0. The molecule has 0 aliphatic rings. The Hall–Kier alpha value is -2.44. The zero-order valence-corrected chi connectivity index (χ0v) is 13.8. The molecular formula is C18H18N2O3S. The van der Waals surface area contributed by atoms with E-state index >= 15 is 0 Å². The van der Waals surface area contributed by atoms with Gasteiger partial charge in [0.05, 0.1) is 12.3 Å². The molecule has 0 radical (unpaired) electrons. The molecule has 1 amide bonds. The van der Waals surface area contributed by atoms with Crippen LogP contribution in [-0.2, 0) is 0 Å². The number of carbonyl (C=O) groups is 1. The van der Waals surface area contributed by atoms with Crippen molar-refractivity contribution in [3.05, 3.63) is 65.6 Å². The summed E-state index contributed by atoms with van der Waals surface area (Å²) in [4.78, 5) is 16.9. The molecule has 0 spiro atoms. The van der Waals surface area contributed by atoms with Crippen LogP contribution in [0.4, 0.5) is 0 Å². The van der Waals surface area contributed by atoms with Gasteiger partial charge in [0.25, 0.3) is 5.91 Å². The van der Waals surface area contributed by atoms with Gasteiger partial charge in [-0.25, -0.2) is 4.98 Å². The lowest BCUT2D eigenvalue weighted by molar-refractivity contribution is 0.0928. The summed E-state index contributed by atoms with van der Waals surface area (Å²) in [5.74, 6) is -0.215. The van der Waals surface area contributed by atoms with Crippen molar-refractivity contribution in [3.63, 3.8) is 0 Å². The lowest BCUT2D eigenvalue weighted by atomic mass is 10.0. The molecule has 0 aliphatic carbocycles. The molecule has 3 rings (SSSR count). The number of aliphatic hydroxyl groups excluding tert-OH is 1. The predicted molar refractivity (Wildman–Crippen MR) is 92.8 cm³/mol. The van der Waals surface area contributed by atoms with E-state index in [1.165, 1.54) is 11.3 Å². The van der Waals surface area contributed by atoms with E-state index < -0.39 is 0 Å². The fraction of sp³-hybridized carbons (Fsp3) is 0.222. The average molecular weight is 342 g/mol. The summed E-state index contributed by atoms with van der Waals surface area (Å²) in [5.41, 5.74) is 2.27. The summed E-state index contributed by atoms with van der Waals surface area (Å²) >= 11 is 1.40. The fourth-order valence-corrected chi connectivity index (χ4v) is 3.22. The second kappa shape index (κ2) is 7.90. The highest BCUT2D eigenvalue weighted by Gasteiger charge is 2.18. The predicted octanol–water partition coefficient (Wildman–Crippen LogP) is 3.65. The maximum absolute atomic E-state index is 12.5. The van der Waals surface area contributed by atoms with Gasteiger partial charge >= 0.3 is 0 Å². The minimum atomic E-state index is -0.215. The number of benzene rings is 1. The molecule has 2 aromatic heterocycles. The van der Waals surface area contributed by atoms with Gasteiger partial charge in [-0.05, 0) is 24.5 Å². The van der Waals surface area contributed by atoms with Crippen molar-refractivity contribution in [3.8, 4) is 10.6 Å². The minimum Gasteiger partial charge on any atom is -0.472 e. The fourth-order valence-electron chi connectivity index (χ4n) is 2.43. The molecule has 0 saturated carbocycles. The number of amides is 1. The van der Waals surface area contributed by atoms with E-state index in [-0.39, 0.29) is 18.6 Å². The van der Waals surface area contributed by atoms with Gasteiger partial charge in [0.1, 0.15) is 17.0 Å². The molecule has 2 heterocycles. The molecule has 5 nitrogen and oxygen atoms in total. The van der Waals surface area contributed by atoms with Gasteiger partial charge in [-0.15, -0.1) is 11.3 Å². The number of nitrogens with zero attached hydrogens (tertiary/aromatic N) is 1. The van der Waals surface area contributed by atoms with Crippen LogP contribution in [0.2, 0.25) is 0 Å². The van der Waals surface area contributed by atoms with Crippen LogP contribution < -0.4 is 5.32 Å². The molecule has 1 atom stereocenters. The highest BCUT2D eigenvalue weighted by atomic mass is 32.1. The number of aliphatic hydroxyl groups is 1. The van der Waals surface area contributed by atoms with Crippen molar-refractivity contribution in [2.24, 2.45) is 0 Å². The molecule has 24 heavy (non-hydrogen) atoms. The lowest BCUT2D eigenvalue weighted by Gasteiger charge is -2.18. The van der Waals surface area contributed by atoms with E-state index in [1.807, 2.05) is 36.4 Å². The number of nitrogens with one attached hydrogen (secondary N) is 1. The number of furan rings is 1. The second-order valence-electron chi connectivity index (χ2n) is 5.35. The summed E-state index contributed by atoms with van der Waals surface area (Å²) in [5, 5.41) is 14.6. The first-order valence-electron chi connectivity index (χ1n) is 7.72. The van der Waals surface area contributed by atoms with Crippen LogP contribution in [0.25, 0.3) is 10.6 Å². The Labute approximate surface area is 144 Å².